The fraction of sp³-hybridized carbons (Fsp3) is 0.889. The Morgan fingerprint density at radius 3 is 2.36 bits per heavy atom. The molecule has 0 radical (unpaired) electrons. The molecular weight excluding hydrogens is 138 g/mol. The van der Waals surface area contributed by atoms with Crippen LogP contribution in [0.1, 0.15) is 26.7 Å². The molecule has 2 nitrogen and oxygen atoms in total. The lowest BCUT2D eigenvalue weighted by atomic mass is 10.0. The van der Waals surface area contributed by atoms with Gasteiger partial charge in [0.2, 0.25) is 0 Å². The molecule has 0 N–H and O–H groups in total. The van der Waals surface area contributed by atoms with Crippen LogP contribution in [0.4, 0.5) is 0 Å². The highest BCUT2D eigenvalue weighted by Gasteiger charge is 2.09. The molecule has 0 aromatic rings. The van der Waals surface area contributed by atoms with Gasteiger partial charge >= 0.3 is 0 Å². The van der Waals surface area contributed by atoms with Crippen molar-refractivity contribution in [2.75, 3.05) is 20.6 Å². The van der Waals surface area contributed by atoms with Crippen LogP contribution < -0.4 is 0 Å². The average Bonchev–Trinajstić information content (AvgIpc) is 1.98. The smallest absolute Gasteiger partial charge is 0.135 e. The largest absolute Gasteiger partial charge is 0.309 e. The van der Waals surface area contributed by atoms with E-state index in [-0.39, 0.29) is 5.92 Å². The minimum atomic E-state index is 0.238. The van der Waals surface area contributed by atoms with Crippen molar-refractivity contribution in [2.45, 2.75) is 26.7 Å². The highest BCUT2D eigenvalue weighted by atomic mass is 16.1. The summed E-state index contributed by atoms with van der Waals surface area (Å²) in [5, 5.41) is 0. The van der Waals surface area contributed by atoms with Gasteiger partial charge in [-0.25, -0.2) is 0 Å². The fourth-order valence-corrected chi connectivity index (χ4v) is 0.961. The lowest BCUT2D eigenvalue weighted by molar-refractivity contribution is -0.122. The van der Waals surface area contributed by atoms with Crippen LogP contribution >= 0.6 is 0 Å². The minimum Gasteiger partial charge on any atom is -0.309 e. The molecule has 0 bridgehead atoms. The molecule has 2 heteroatoms. The third-order valence-corrected chi connectivity index (χ3v) is 1.91. The zero-order valence-electron chi connectivity index (χ0n) is 8.05. The molecule has 0 rings (SSSR count). The van der Waals surface area contributed by atoms with Gasteiger partial charge in [0.1, 0.15) is 5.78 Å². The van der Waals surface area contributed by atoms with Gasteiger partial charge in [0.05, 0.1) is 0 Å². The van der Waals surface area contributed by atoms with Gasteiger partial charge in [-0.2, -0.15) is 0 Å². The highest BCUT2D eigenvalue weighted by molar-refractivity contribution is 5.80. The number of rotatable bonds is 5. The van der Waals surface area contributed by atoms with E-state index in [9.17, 15) is 4.79 Å². The number of hydrogen-bond donors (Lipinski definition) is 0. The molecule has 0 spiro atoms. The maximum absolute atomic E-state index is 11.1. The van der Waals surface area contributed by atoms with E-state index in [1.165, 1.54) is 0 Å². The van der Waals surface area contributed by atoms with Gasteiger partial charge in [0.25, 0.3) is 0 Å². The molecule has 0 amide bonds. The Bertz CT molecular complexity index is 121. The van der Waals surface area contributed by atoms with Crippen molar-refractivity contribution in [3.63, 3.8) is 0 Å². The van der Waals surface area contributed by atoms with Crippen molar-refractivity contribution in [2.24, 2.45) is 5.92 Å². The van der Waals surface area contributed by atoms with Crippen molar-refractivity contribution in [3.8, 4) is 0 Å². The summed E-state index contributed by atoms with van der Waals surface area (Å²) in [4.78, 5) is 13.2. The van der Waals surface area contributed by atoms with E-state index in [1.54, 1.807) is 0 Å². The van der Waals surface area contributed by atoms with Gasteiger partial charge in [0, 0.05) is 12.3 Å². The number of Topliss-reactive ketones (excluding diaryl/α,β-unsaturated/α-hetero) is 1. The fourth-order valence-electron chi connectivity index (χ4n) is 0.961. The molecular formula is C9H19NO. The normalized spacial score (nSPS) is 13.5. The summed E-state index contributed by atoms with van der Waals surface area (Å²) in [6.45, 7) is 4.94. The van der Waals surface area contributed by atoms with Gasteiger partial charge < -0.3 is 4.90 Å². The van der Waals surface area contributed by atoms with Crippen LogP contribution in [-0.2, 0) is 4.79 Å². The van der Waals surface area contributed by atoms with Gasteiger partial charge in [0.15, 0.2) is 0 Å². The van der Waals surface area contributed by atoms with Crippen molar-refractivity contribution in [3.05, 3.63) is 0 Å². The van der Waals surface area contributed by atoms with E-state index in [4.69, 9.17) is 0 Å². The summed E-state index contributed by atoms with van der Waals surface area (Å²) in [6.07, 6.45) is 1.66. The predicted octanol–water partition coefficient (Wildman–Crippen LogP) is 1.55. The third-order valence-electron chi connectivity index (χ3n) is 1.91. The standard InChI is InChI=1S/C9H19NO/c1-5-9(11)8(2)6-7-10(3)4/h8H,5-7H2,1-4H3. The monoisotopic (exact) mass is 157 g/mol. The van der Waals surface area contributed by atoms with Gasteiger partial charge in [-0.15, -0.1) is 0 Å². The SMILES string of the molecule is CCC(=O)C(C)CCN(C)C. The molecule has 0 fully saturated rings. The van der Waals surface area contributed by atoms with Crippen LogP contribution in [0.3, 0.4) is 0 Å². The van der Waals surface area contributed by atoms with Crippen molar-refractivity contribution in [1.82, 2.24) is 4.90 Å². The molecule has 0 aliphatic rings. The second-order valence-corrected chi connectivity index (χ2v) is 3.31. The second kappa shape index (κ2) is 5.30. The first-order valence-electron chi connectivity index (χ1n) is 4.25. The third kappa shape index (κ3) is 4.96. The average molecular weight is 157 g/mol. The summed E-state index contributed by atoms with van der Waals surface area (Å²) in [5.41, 5.74) is 0. The first-order chi connectivity index (χ1) is 5.07. The quantitative estimate of drug-likeness (QED) is 0.603. The molecule has 0 saturated carbocycles. The topological polar surface area (TPSA) is 20.3 Å². The molecule has 0 aromatic heterocycles. The molecule has 1 unspecified atom stereocenters. The maximum Gasteiger partial charge on any atom is 0.135 e. The van der Waals surface area contributed by atoms with Crippen LogP contribution in [-0.4, -0.2) is 31.3 Å². The van der Waals surface area contributed by atoms with Crippen LogP contribution in [0.15, 0.2) is 0 Å². The van der Waals surface area contributed by atoms with Crippen LogP contribution in [0.5, 0.6) is 0 Å². The summed E-state index contributed by atoms with van der Waals surface area (Å²) in [7, 11) is 4.06. The maximum atomic E-state index is 11.1. The molecule has 0 aliphatic heterocycles. The molecule has 1 atom stereocenters. The van der Waals surface area contributed by atoms with Crippen molar-refractivity contribution >= 4 is 5.78 Å². The van der Waals surface area contributed by atoms with E-state index < -0.39 is 0 Å². The number of carbonyl (C=O) groups excluding carboxylic acids is 1. The first-order valence-corrected chi connectivity index (χ1v) is 4.25. The Morgan fingerprint density at radius 2 is 2.00 bits per heavy atom. The summed E-state index contributed by atoms with van der Waals surface area (Å²) in [5.74, 6) is 0.620. The Morgan fingerprint density at radius 1 is 1.45 bits per heavy atom. The van der Waals surface area contributed by atoms with Crippen LogP contribution in [0.2, 0.25) is 0 Å². The minimum absolute atomic E-state index is 0.238. The van der Waals surface area contributed by atoms with Crippen molar-refractivity contribution in [1.29, 1.82) is 0 Å². The van der Waals surface area contributed by atoms with E-state index in [1.807, 2.05) is 27.9 Å². The van der Waals surface area contributed by atoms with Crippen LogP contribution in [0, 0.1) is 5.92 Å². The summed E-state index contributed by atoms with van der Waals surface area (Å²) < 4.78 is 0. The molecule has 11 heavy (non-hydrogen) atoms. The summed E-state index contributed by atoms with van der Waals surface area (Å²) in [6, 6.07) is 0. The Balaban J connectivity index is 3.52. The van der Waals surface area contributed by atoms with Gasteiger partial charge in [-0.1, -0.05) is 13.8 Å². The molecule has 0 saturated heterocycles. The van der Waals surface area contributed by atoms with E-state index in [2.05, 4.69) is 4.90 Å². The molecule has 0 aromatic carbocycles. The number of nitrogens with zero attached hydrogens (tertiary/aromatic N) is 1. The summed E-state index contributed by atoms with van der Waals surface area (Å²) >= 11 is 0. The predicted molar refractivity (Wildman–Crippen MR) is 47.6 cm³/mol. The number of carbonyl (C=O) groups is 1. The molecule has 66 valence electrons. The Hall–Kier alpha value is -0.370. The molecule has 0 aliphatic carbocycles. The van der Waals surface area contributed by atoms with E-state index >= 15 is 0 Å². The second-order valence-electron chi connectivity index (χ2n) is 3.31. The van der Waals surface area contributed by atoms with Gasteiger partial charge in [-0.3, -0.25) is 4.79 Å². The number of hydrogen-bond acceptors (Lipinski definition) is 2. The highest BCUT2D eigenvalue weighted by Crippen LogP contribution is 2.05. The van der Waals surface area contributed by atoms with Crippen LogP contribution in [0.25, 0.3) is 0 Å². The van der Waals surface area contributed by atoms with Crippen molar-refractivity contribution < 1.29 is 4.79 Å². The Kier molecular flexibility index (Phi) is 5.12. The zero-order valence-corrected chi connectivity index (χ0v) is 8.05. The lowest BCUT2D eigenvalue weighted by Crippen LogP contribution is -2.19. The number of ketones is 1. The Labute approximate surface area is 69.6 Å². The van der Waals surface area contributed by atoms with E-state index in [0.717, 1.165) is 13.0 Å². The first kappa shape index (κ1) is 10.6. The lowest BCUT2D eigenvalue weighted by Gasteiger charge is -2.13. The zero-order chi connectivity index (χ0) is 8.85. The molecule has 0 heterocycles. The van der Waals surface area contributed by atoms with Gasteiger partial charge in [-0.05, 0) is 27.1 Å². The van der Waals surface area contributed by atoms with E-state index in [0.29, 0.717) is 12.2 Å².